The van der Waals surface area contributed by atoms with Crippen LogP contribution in [-0.2, 0) is 4.79 Å². The van der Waals surface area contributed by atoms with Gasteiger partial charge in [-0.3, -0.25) is 18.8 Å². The van der Waals surface area contributed by atoms with Gasteiger partial charge in [0.05, 0.1) is 0 Å². The fourth-order valence-electron chi connectivity index (χ4n) is 2.28. The normalized spacial score (nSPS) is 15.6. The number of rotatable bonds is 1. The first-order chi connectivity index (χ1) is 10.1. The average molecular weight is 286 g/mol. The molecule has 21 heavy (non-hydrogen) atoms. The predicted octanol–water partition coefficient (Wildman–Crippen LogP) is -0.391. The highest BCUT2D eigenvalue weighted by Crippen LogP contribution is 2.06. The molecule has 7 nitrogen and oxygen atoms in total. The van der Waals surface area contributed by atoms with Crippen LogP contribution in [0.5, 0.6) is 0 Å². The number of piperazine rings is 1. The summed E-state index contributed by atoms with van der Waals surface area (Å²) in [6.07, 6.45) is 2.85. The molecule has 2 aromatic rings. The molecule has 0 aliphatic carbocycles. The van der Waals surface area contributed by atoms with Crippen molar-refractivity contribution in [2.75, 3.05) is 26.7 Å². The van der Waals surface area contributed by atoms with Crippen LogP contribution in [0.4, 0.5) is 0 Å². The maximum absolute atomic E-state index is 12.4. The second-order valence-corrected chi connectivity index (χ2v) is 4.95. The van der Waals surface area contributed by atoms with Crippen LogP contribution < -0.4 is 5.56 Å². The maximum atomic E-state index is 12.4. The summed E-state index contributed by atoms with van der Waals surface area (Å²) < 4.78 is 1.32. The highest BCUT2D eigenvalue weighted by atomic mass is 16.2. The van der Waals surface area contributed by atoms with Crippen molar-refractivity contribution < 1.29 is 9.59 Å². The van der Waals surface area contributed by atoms with Crippen LogP contribution >= 0.6 is 0 Å². The van der Waals surface area contributed by atoms with Gasteiger partial charge in [-0.05, 0) is 12.1 Å². The highest BCUT2D eigenvalue weighted by Gasteiger charge is 2.27. The molecule has 3 rings (SSSR count). The minimum atomic E-state index is -0.452. The number of nitrogens with zero attached hydrogens (tertiary/aromatic N) is 4. The molecule has 0 aromatic carbocycles. The number of hydrogen-bond acceptors (Lipinski definition) is 4. The SMILES string of the molecule is CN1CCN(C(=O)c2cnc3ccccn3c2=O)CC1=O. The first kappa shape index (κ1) is 13.3. The third-order valence-corrected chi connectivity index (χ3v) is 3.59. The van der Waals surface area contributed by atoms with Crippen molar-refractivity contribution in [1.82, 2.24) is 19.2 Å². The Bertz CT molecular complexity index is 783. The highest BCUT2D eigenvalue weighted by molar-refractivity contribution is 5.96. The molecule has 0 atom stereocenters. The summed E-state index contributed by atoms with van der Waals surface area (Å²) >= 11 is 0. The Balaban J connectivity index is 1.97. The van der Waals surface area contributed by atoms with Crippen molar-refractivity contribution in [2.24, 2.45) is 0 Å². The maximum Gasteiger partial charge on any atom is 0.270 e. The summed E-state index contributed by atoms with van der Waals surface area (Å²) in [4.78, 5) is 43.5. The minimum Gasteiger partial charge on any atom is -0.342 e. The van der Waals surface area contributed by atoms with Crippen molar-refractivity contribution in [1.29, 1.82) is 0 Å². The van der Waals surface area contributed by atoms with Gasteiger partial charge in [0.25, 0.3) is 11.5 Å². The molecule has 7 heteroatoms. The van der Waals surface area contributed by atoms with Crippen LogP contribution in [0.1, 0.15) is 10.4 Å². The van der Waals surface area contributed by atoms with Crippen LogP contribution in [0.3, 0.4) is 0 Å². The molecule has 0 N–H and O–H groups in total. The van der Waals surface area contributed by atoms with Gasteiger partial charge < -0.3 is 9.80 Å². The van der Waals surface area contributed by atoms with Gasteiger partial charge >= 0.3 is 0 Å². The zero-order valence-corrected chi connectivity index (χ0v) is 11.5. The Morgan fingerprint density at radius 3 is 2.81 bits per heavy atom. The Morgan fingerprint density at radius 1 is 1.24 bits per heavy atom. The number of carbonyl (C=O) groups excluding carboxylic acids is 2. The summed E-state index contributed by atoms with van der Waals surface area (Å²) in [5.41, 5.74) is 0.0431. The Kier molecular flexibility index (Phi) is 3.17. The first-order valence-electron chi connectivity index (χ1n) is 6.57. The lowest BCUT2D eigenvalue weighted by atomic mass is 10.2. The molecule has 3 heterocycles. The molecule has 0 radical (unpaired) electrons. The monoisotopic (exact) mass is 286 g/mol. The predicted molar refractivity (Wildman–Crippen MR) is 75.0 cm³/mol. The lowest BCUT2D eigenvalue weighted by Gasteiger charge is -2.31. The second kappa shape index (κ2) is 5.01. The van der Waals surface area contributed by atoms with Gasteiger partial charge in [-0.1, -0.05) is 6.07 Å². The van der Waals surface area contributed by atoms with Crippen LogP contribution in [0, 0.1) is 0 Å². The Hall–Kier alpha value is -2.70. The third-order valence-electron chi connectivity index (χ3n) is 3.59. The van der Waals surface area contributed by atoms with E-state index in [0.29, 0.717) is 18.7 Å². The number of pyridine rings is 1. The Morgan fingerprint density at radius 2 is 2.05 bits per heavy atom. The number of carbonyl (C=O) groups is 2. The summed E-state index contributed by atoms with van der Waals surface area (Å²) in [5, 5.41) is 0. The molecular formula is C14H14N4O3. The molecule has 2 aromatic heterocycles. The molecule has 2 amide bonds. The molecule has 108 valence electrons. The number of hydrogen-bond donors (Lipinski definition) is 0. The molecule has 0 unspecified atom stereocenters. The molecule has 1 aliphatic heterocycles. The van der Waals surface area contributed by atoms with Crippen LogP contribution in [0.15, 0.2) is 35.4 Å². The number of aromatic nitrogens is 2. The van der Waals surface area contributed by atoms with E-state index < -0.39 is 11.5 Å². The van der Waals surface area contributed by atoms with Gasteiger partial charge in [-0.15, -0.1) is 0 Å². The lowest BCUT2D eigenvalue weighted by molar-refractivity contribution is -0.133. The molecule has 1 saturated heterocycles. The summed E-state index contributed by atoms with van der Waals surface area (Å²) in [6.45, 7) is 0.872. The quantitative estimate of drug-likeness (QED) is 0.715. The number of likely N-dealkylation sites (N-methyl/N-ethyl adjacent to an activating group) is 1. The van der Waals surface area contributed by atoms with Crippen molar-refractivity contribution in [3.05, 3.63) is 46.5 Å². The summed E-state index contributed by atoms with van der Waals surface area (Å²) in [7, 11) is 1.69. The van der Waals surface area contributed by atoms with Gasteiger partial charge in [0.2, 0.25) is 5.91 Å². The fraction of sp³-hybridized carbons (Fsp3) is 0.286. The van der Waals surface area contributed by atoms with Gasteiger partial charge in [-0.2, -0.15) is 0 Å². The molecule has 0 bridgehead atoms. The van der Waals surface area contributed by atoms with Crippen molar-refractivity contribution in [3.8, 4) is 0 Å². The minimum absolute atomic E-state index is 0.00767. The van der Waals surface area contributed by atoms with E-state index in [0.717, 1.165) is 0 Å². The van der Waals surface area contributed by atoms with E-state index in [-0.39, 0.29) is 18.0 Å². The first-order valence-corrected chi connectivity index (χ1v) is 6.57. The Labute approximate surface area is 120 Å². The summed E-state index contributed by atoms with van der Waals surface area (Å²) in [6, 6.07) is 5.15. The zero-order valence-electron chi connectivity index (χ0n) is 11.5. The van der Waals surface area contributed by atoms with Gasteiger partial charge in [-0.25, -0.2) is 4.98 Å². The topological polar surface area (TPSA) is 75.0 Å². The summed E-state index contributed by atoms with van der Waals surface area (Å²) in [5.74, 6) is -0.587. The standard InChI is InChI=1S/C14H14N4O3/c1-16-6-7-17(9-12(16)19)13(20)10-8-15-11-4-2-3-5-18(11)14(10)21/h2-5,8H,6-7,9H2,1H3. The molecule has 1 aliphatic rings. The van der Waals surface area contributed by atoms with Gasteiger partial charge in [0, 0.05) is 32.5 Å². The second-order valence-electron chi connectivity index (χ2n) is 4.95. The van der Waals surface area contributed by atoms with Crippen LogP contribution in [-0.4, -0.2) is 57.7 Å². The van der Waals surface area contributed by atoms with Crippen molar-refractivity contribution in [3.63, 3.8) is 0 Å². The third kappa shape index (κ3) is 2.26. The van der Waals surface area contributed by atoms with E-state index >= 15 is 0 Å². The molecule has 0 saturated carbocycles. The van der Waals surface area contributed by atoms with Crippen molar-refractivity contribution >= 4 is 17.5 Å². The zero-order chi connectivity index (χ0) is 15.0. The average Bonchev–Trinajstić information content (AvgIpc) is 2.50. The van der Waals surface area contributed by atoms with E-state index in [2.05, 4.69) is 4.98 Å². The van der Waals surface area contributed by atoms with Crippen molar-refractivity contribution in [2.45, 2.75) is 0 Å². The molecule has 1 fully saturated rings. The van der Waals surface area contributed by atoms with Crippen LogP contribution in [0.25, 0.3) is 5.65 Å². The van der Waals surface area contributed by atoms with E-state index in [1.807, 2.05) is 0 Å². The van der Waals surface area contributed by atoms with Gasteiger partial charge in [0.15, 0.2) is 0 Å². The molecule has 0 spiro atoms. The van der Waals surface area contributed by atoms with E-state index in [9.17, 15) is 14.4 Å². The van der Waals surface area contributed by atoms with Crippen LogP contribution in [0.2, 0.25) is 0 Å². The number of fused-ring (bicyclic) bond motifs is 1. The van der Waals surface area contributed by atoms with E-state index in [1.54, 1.807) is 36.3 Å². The van der Waals surface area contributed by atoms with E-state index in [1.165, 1.54) is 15.5 Å². The smallest absolute Gasteiger partial charge is 0.270 e. The lowest BCUT2D eigenvalue weighted by Crippen LogP contribution is -2.51. The largest absolute Gasteiger partial charge is 0.342 e. The van der Waals surface area contributed by atoms with E-state index in [4.69, 9.17) is 0 Å². The molecular weight excluding hydrogens is 272 g/mol. The van der Waals surface area contributed by atoms with Gasteiger partial charge in [0.1, 0.15) is 17.8 Å². The number of amides is 2. The fourth-order valence-corrected chi connectivity index (χ4v) is 2.28.